The number of hydrogen-bond donors (Lipinski definition) is 10. The van der Waals surface area contributed by atoms with Gasteiger partial charge in [-0.3, -0.25) is 28.0 Å². The minimum absolute atomic E-state index is 0.0495. The number of nitrogens with two attached hydrogens (primary N) is 3. The molecule has 19 nitrogen and oxygen atoms in total. The van der Waals surface area contributed by atoms with Crippen molar-refractivity contribution >= 4 is 33.0 Å². The van der Waals surface area contributed by atoms with Gasteiger partial charge in [-0.05, 0) is 26.3 Å². The van der Waals surface area contributed by atoms with Crippen LogP contribution in [0.25, 0.3) is 0 Å². The molecule has 1 saturated carbocycles. The van der Waals surface area contributed by atoms with Crippen LogP contribution >= 0.6 is 0 Å². The van der Waals surface area contributed by atoms with E-state index in [0.29, 0.717) is 6.54 Å². The number of carbonyl (C=O) groups excluding carboxylic acids is 1. The van der Waals surface area contributed by atoms with Crippen LogP contribution in [0.2, 0.25) is 0 Å². The number of rotatable bonds is 7. The number of nitrogens with one attached hydrogen (secondary N) is 1. The van der Waals surface area contributed by atoms with Crippen molar-refractivity contribution in [3.05, 3.63) is 0 Å². The molecule has 1 heterocycles. The number of aliphatic hydroxyl groups is 2. The van der Waals surface area contributed by atoms with E-state index < -0.39 is 63.4 Å². The molecule has 2 fully saturated rings. The summed E-state index contributed by atoms with van der Waals surface area (Å²) in [6, 6.07) is -1.87. The minimum atomic E-state index is -4.67. The van der Waals surface area contributed by atoms with Crippen LogP contribution in [0.3, 0.4) is 0 Å². The number of aliphatic imine (C=N–C) groups is 1. The SMILES string of the molecule is CNCC1CCC(N)C(OC2C(N)CC(O)C(N(C)C(=O)CN=CN)C2O)O1.O=S(=O)(O)O.O=S(=O)(O)O. The first-order valence-electron chi connectivity index (χ1n) is 11.0. The normalized spacial score (nSPS) is 31.9. The van der Waals surface area contributed by atoms with E-state index in [1.807, 2.05) is 7.05 Å². The molecule has 8 atom stereocenters. The molecule has 8 unspecified atom stereocenters. The maximum absolute atomic E-state index is 12.2. The molecule has 1 aliphatic carbocycles. The largest absolute Gasteiger partial charge is 0.394 e. The molecule has 0 aromatic carbocycles. The molecule has 0 aromatic rings. The predicted octanol–water partition coefficient (Wildman–Crippen LogP) is -4.62. The minimum Gasteiger partial charge on any atom is -0.391 e. The summed E-state index contributed by atoms with van der Waals surface area (Å²) in [6.45, 7) is 0.481. The predicted molar refractivity (Wildman–Crippen MR) is 132 cm³/mol. The standard InChI is InChI=1S/C17H34N6O5.2H2O4S/c1-21-6-9-3-4-10(19)17(27-9)28-16-11(20)5-12(24)14(15(16)26)23(2)13(25)7-22-8-18;2*1-5(2,3)4/h8-12,14-17,21,24,26H,3-7,19-20H2,1-2H3,(H2,18,22);2*(H2,1,2,3,4). The second-order valence-electron chi connectivity index (χ2n) is 8.36. The van der Waals surface area contributed by atoms with Gasteiger partial charge in [-0.1, -0.05) is 0 Å². The van der Waals surface area contributed by atoms with Crippen molar-refractivity contribution < 1.29 is 59.5 Å². The van der Waals surface area contributed by atoms with Crippen LogP contribution in [0.4, 0.5) is 0 Å². The van der Waals surface area contributed by atoms with Gasteiger partial charge in [0.2, 0.25) is 5.91 Å². The van der Waals surface area contributed by atoms with Crippen LogP contribution in [0.5, 0.6) is 0 Å². The van der Waals surface area contributed by atoms with Crippen molar-refractivity contribution in [2.45, 2.75) is 68.1 Å². The molecule has 2 rings (SSSR count). The van der Waals surface area contributed by atoms with Gasteiger partial charge in [0.1, 0.15) is 18.8 Å². The number of aliphatic hydroxyl groups excluding tert-OH is 2. The molecule has 226 valence electrons. The van der Waals surface area contributed by atoms with Gasteiger partial charge >= 0.3 is 20.8 Å². The van der Waals surface area contributed by atoms with E-state index in [2.05, 4.69) is 10.3 Å². The molecule has 13 N–H and O–H groups in total. The Labute approximate surface area is 220 Å². The second kappa shape index (κ2) is 16.5. The van der Waals surface area contributed by atoms with Crippen LogP contribution in [0, 0.1) is 0 Å². The van der Waals surface area contributed by atoms with Crippen molar-refractivity contribution in [1.82, 2.24) is 10.2 Å². The maximum atomic E-state index is 12.2. The molecule has 2 aliphatic rings. The first-order valence-corrected chi connectivity index (χ1v) is 13.8. The van der Waals surface area contributed by atoms with E-state index >= 15 is 0 Å². The third-order valence-corrected chi connectivity index (χ3v) is 5.41. The van der Waals surface area contributed by atoms with Crippen LogP contribution in [0.1, 0.15) is 19.3 Å². The average Bonchev–Trinajstić information content (AvgIpc) is 2.74. The Kier molecular flexibility index (Phi) is 15.8. The Balaban J connectivity index is 0.00000116. The third-order valence-electron chi connectivity index (χ3n) is 5.41. The highest BCUT2D eigenvalue weighted by atomic mass is 32.3. The van der Waals surface area contributed by atoms with E-state index in [4.69, 9.17) is 61.7 Å². The number of ether oxygens (including phenoxy) is 2. The lowest BCUT2D eigenvalue weighted by atomic mass is 9.83. The van der Waals surface area contributed by atoms with Crippen molar-refractivity contribution in [3.8, 4) is 0 Å². The lowest BCUT2D eigenvalue weighted by molar-refractivity contribution is -0.253. The zero-order valence-electron chi connectivity index (χ0n) is 20.7. The topological polar surface area (TPSA) is 331 Å². The Bertz CT molecular complexity index is 908. The van der Waals surface area contributed by atoms with Crippen molar-refractivity contribution in [2.75, 3.05) is 27.2 Å². The van der Waals surface area contributed by atoms with Gasteiger partial charge in [0.15, 0.2) is 6.29 Å². The smallest absolute Gasteiger partial charge is 0.391 e. The second-order valence-corrected chi connectivity index (χ2v) is 10.2. The van der Waals surface area contributed by atoms with Crippen LogP contribution in [-0.2, 0) is 35.1 Å². The van der Waals surface area contributed by atoms with Gasteiger partial charge in [-0.25, -0.2) is 0 Å². The number of likely N-dealkylation sites (N-methyl/N-ethyl adjacent to an activating group) is 2. The molecule has 0 spiro atoms. The Morgan fingerprint density at radius 1 is 1.11 bits per heavy atom. The lowest BCUT2D eigenvalue weighted by Gasteiger charge is -2.47. The third kappa shape index (κ3) is 15.1. The monoisotopic (exact) mass is 598 g/mol. The number of amides is 1. The zero-order chi connectivity index (χ0) is 29.8. The van der Waals surface area contributed by atoms with Crippen LogP contribution in [0.15, 0.2) is 4.99 Å². The summed E-state index contributed by atoms with van der Waals surface area (Å²) in [5, 5.41) is 24.4. The quantitative estimate of drug-likeness (QED) is 0.0748. The lowest BCUT2D eigenvalue weighted by Crippen LogP contribution is -2.66. The molecule has 0 aromatic heterocycles. The highest BCUT2D eigenvalue weighted by molar-refractivity contribution is 7.80. The van der Waals surface area contributed by atoms with E-state index in [0.717, 1.165) is 19.2 Å². The summed E-state index contributed by atoms with van der Waals surface area (Å²) in [7, 11) is -6.01. The van der Waals surface area contributed by atoms with Gasteiger partial charge in [0.25, 0.3) is 0 Å². The summed E-state index contributed by atoms with van der Waals surface area (Å²) >= 11 is 0. The van der Waals surface area contributed by atoms with E-state index in [-0.39, 0.29) is 25.1 Å². The van der Waals surface area contributed by atoms with E-state index in [1.54, 1.807) is 0 Å². The first kappa shape index (κ1) is 36.4. The fraction of sp³-hybridized carbons (Fsp3) is 0.882. The molecule has 1 aliphatic heterocycles. The maximum Gasteiger partial charge on any atom is 0.394 e. The van der Waals surface area contributed by atoms with Crippen LogP contribution < -0.4 is 22.5 Å². The molecule has 1 saturated heterocycles. The summed E-state index contributed by atoms with van der Waals surface area (Å²) in [4.78, 5) is 17.2. The molecule has 0 bridgehead atoms. The Morgan fingerprint density at radius 2 is 1.63 bits per heavy atom. The number of nitrogens with zero attached hydrogens (tertiary/aromatic N) is 2. The van der Waals surface area contributed by atoms with Gasteiger partial charge in [0.05, 0.1) is 30.6 Å². The molecule has 21 heteroatoms. The van der Waals surface area contributed by atoms with Crippen molar-refractivity contribution in [1.29, 1.82) is 0 Å². The van der Waals surface area contributed by atoms with Crippen molar-refractivity contribution in [2.24, 2.45) is 22.2 Å². The van der Waals surface area contributed by atoms with E-state index in [9.17, 15) is 15.0 Å². The van der Waals surface area contributed by atoms with Crippen molar-refractivity contribution in [3.63, 3.8) is 0 Å². The van der Waals surface area contributed by atoms with E-state index in [1.165, 1.54) is 11.9 Å². The number of carbonyl (C=O) groups is 1. The average molecular weight is 599 g/mol. The van der Waals surface area contributed by atoms with Gasteiger partial charge in [0, 0.05) is 19.6 Å². The highest BCUT2D eigenvalue weighted by Gasteiger charge is 2.47. The summed E-state index contributed by atoms with van der Waals surface area (Å²) in [6.07, 6.45) is -1.11. The van der Waals surface area contributed by atoms with Gasteiger partial charge in [-0.2, -0.15) is 16.8 Å². The van der Waals surface area contributed by atoms with Crippen LogP contribution in [-0.4, -0.2) is 138 Å². The molecule has 1 amide bonds. The molecular weight excluding hydrogens is 560 g/mol. The Morgan fingerprint density at radius 3 is 2.11 bits per heavy atom. The summed E-state index contributed by atoms with van der Waals surface area (Å²) in [5.74, 6) is -0.390. The Hall–Kier alpha value is -1.60. The molecule has 38 heavy (non-hydrogen) atoms. The first-order chi connectivity index (χ1) is 17.3. The molecular formula is C17H38N6O13S2. The van der Waals surface area contributed by atoms with Gasteiger partial charge < -0.3 is 47.1 Å². The summed E-state index contributed by atoms with van der Waals surface area (Å²) < 4.78 is 75.1. The van der Waals surface area contributed by atoms with Gasteiger partial charge in [-0.15, -0.1) is 0 Å². The fourth-order valence-corrected chi connectivity index (χ4v) is 3.84. The molecule has 0 radical (unpaired) electrons. The summed E-state index contributed by atoms with van der Waals surface area (Å²) in [5.41, 5.74) is 17.4. The number of hydrogen-bond acceptors (Lipinski definition) is 13. The zero-order valence-corrected chi connectivity index (χ0v) is 22.3. The highest BCUT2D eigenvalue weighted by Crippen LogP contribution is 2.29. The fourth-order valence-electron chi connectivity index (χ4n) is 3.84.